The van der Waals surface area contributed by atoms with Gasteiger partial charge in [0.05, 0.1) is 12.5 Å². The van der Waals surface area contributed by atoms with Crippen molar-refractivity contribution in [1.29, 1.82) is 0 Å². The highest BCUT2D eigenvalue weighted by Crippen LogP contribution is 2.37. The lowest BCUT2D eigenvalue weighted by molar-refractivity contribution is -0.116. The number of para-hydroxylation sites is 1. The Kier molecular flexibility index (Phi) is 4.95. The summed E-state index contributed by atoms with van der Waals surface area (Å²) in [5.41, 5.74) is 1.45. The number of amidine groups is 1. The number of fused-ring (bicyclic) bond motifs is 3. The maximum absolute atomic E-state index is 13.1. The van der Waals surface area contributed by atoms with E-state index in [1.807, 2.05) is 60.7 Å². The van der Waals surface area contributed by atoms with Gasteiger partial charge in [-0.2, -0.15) is 0 Å². The van der Waals surface area contributed by atoms with E-state index in [1.54, 1.807) is 18.2 Å². The molecule has 0 radical (unpaired) electrons. The highest BCUT2D eigenvalue weighted by Gasteiger charge is 2.35. The molecule has 0 fully saturated rings. The summed E-state index contributed by atoms with van der Waals surface area (Å²) in [5, 5.41) is 13.5. The van der Waals surface area contributed by atoms with Crippen LogP contribution in [0.3, 0.4) is 0 Å². The Hall–Kier alpha value is -3.58. The molecule has 1 atom stereocenters. The molecule has 0 saturated carbocycles. The molecule has 1 amide bonds. The highest BCUT2D eigenvalue weighted by atomic mass is 32.2. The second-order valence-electron chi connectivity index (χ2n) is 7.07. The summed E-state index contributed by atoms with van der Waals surface area (Å²) >= 11 is 1.43. The zero-order valence-electron chi connectivity index (χ0n) is 16.9. The molecule has 2 aliphatic heterocycles. The Bertz CT molecular complexity index is 1370. The number of amides is 1. The van der Waals surface area contributed by atoms with Crippen molar-refractivity contribution in [3.63, 3.8) is 0 Å². The van der Waals surface area contributed by atoms with Crippen molar-refractivity contribution in [2.75, 3.05) is 12.9 Å². The molecular formula is C24H20N4O2S. The average Bonchev–Trinajstić information content (AvgIpc) is 2.81. The summed E-state index contributed by atoms with van der Waals surface area (Å²) in [6, 6.07) is 19.6. The SMILES string of the molecule is C=CCSC1=NN2C(=c3ccccc3=N[C@@H]2c2ccc(OC)c3ccccc23)C(=O)N1. The van der Waals surface area contributed by atoms with Gasteiger partial charge >= 0.3 is 0 Å². The van der Waals surface area contributed by atoms with Crippen LogP contribution in [0.4, 0.5) is 0 Å². The summed E-state index contributed by atoms with van der Waals surface area (Å²) < 4.78 is 5.56. The lowest BCUT2D eigenvalue weighted by atomic mass is 10.00. The van der Waals surface area contributed by atoms with Gasteiger partial charge in [-0.15, -0.1) is 11.7 Å². The number of ether oxygens (including phenoxy) is 1. The first-order valence-corrected chi connectivity index (χ1v) is 10.9. The van der Waals surface area contributed by atoms with Crippen molar-refractivity contribution in [3.05, 3.63) is 89.5 Å². The van der Waals surface area contributed by atoms with Crippen LogP contribution in [-0.4, -0.2) is 28.9 Å². The van der Waals surface area contributed by atoms with Crippen LogP contribution in [-0.2, 0) is 4.79 Å². The Balaban J connectivity index is 1.76. The van der Waals surface area contributed by atoms with E-state index in [2.05, 4.69) is 11.9 Å². The first-order chi connectivity index (χ1) is 15.2. The maximum Gasteiger partial charge on any atom is 0.276 e. The summed E-state index contributed by atoms with van der Waals surface area (Å²) in [7, 11) is 1.66. The van der Waals surface area contributed by atoms with Gasteiger partial charge < -0.3 is 4.74 Å². The van der Waals surface area contributed by atoms with Crippen LogP contribution in [0.2, 0.25) is 0 Å². The summed E-state index contributed by atoms with van der Waals surface area (Å²) in [6.45, 7) is 3.75. The van der Waals surface area contributed by atoms with Crippen LogP contribution in [0.25, 0.3) is 16.5 Å². The second-order valence-corrected chi connectivity index (χ2v) is 8.08. The fourth-order valence-corrected chi connectivity index (χ4v) is 4.52. The second kappa shape index (κ2) is 7.92. The largest absolute Gasteiger partial charge is 0.496 e. The van der Waals surface area contributed by atoms with Gasteiger partial charge in [-0.3, -0.25) is 15.1 Å². The molecule has 2 heterocycles. The van der Waals surface area contributed by atoms with Crippen LogP contribution in [0.5, 0.6) is 5.75 Å². The third kappa shape index (κ3) is 3.27. The van der Waals surface area contributed by atoms with Gasteiger partial charge in [-0.1, -0.05) is 66.4 Å². The third-order valence-corrected chi connectivity index (χ3v) is 6.13. The quantitative estimate of drug-likeness (QED) is 0.649. The molecule has 1 N–H and O–H groups in total. The molecule has 2 aliphatic rings. The molecular weight excluding hydrogens is 408 g/mol. The maximum atomic E-state index is 13.1. The monoisotopic (exact) mass is 428 g/mol. The molecule has 31 heavy (non-hydrogen) atoms. The van der Waals surface area contributed by atoms with Gasteiger partial charge in [0, 0.05) is 21.9 Å². The van der Waals surface area contributed by atoms with Crippen LogP contribution in [0, 0.1) is 0 Å². The normalized spacial score (nSPS) is 17.3. The lowest BCUT2D eigenvalue weighted by Gasteiger charge is -2.34. The summed E-state index contributed by atoms with van der Waals surface area (Å²) in [4.78, 5) is 18.1. The fourth-order valence-electron chi connectivity index (χ4n) is 3.93. The molecule has 154 valence electrons. The number of nitrogens with one attached hydrogen (secondary N) is 1. The molecule has 6 nitrogen and oxygen atoms in total. The Morgan fingerprint density at radius 2 is 1.90 bits per heavy atom. The van der Waals surface area contributed by atoms with E-state index in [-0.39, 0.29) is 5.91 Å². The van der Waals surface area contributed by atoms with Gasteiger partial charge in [0.15, 0.2) is 11.3 Å². The first kappa shape index (κ1) is 19.4. The predicted octanol–water partition coefficient (Wildman–Crippen LogP) is 2.91. The Labute approximate surface area is 183 Å². The van der Waals surface area contributed by atoms with Gasteiger partial charge in [-0.05, 0) is 17.5 Å². The average molecular weight is 429 g/mol. The highest BCUT2D eigenvalue weighted by molar-refractivity contribution is 8.14. The smallest absolute Gasteiger partial charge is 0.276 e. The van der Waals surface area contributed by atoms with E-state index in [0.717, 1.165) is 32.7 Å². The van der Waals surface area contributed by atoms with Crippen LogP contribution in [0.15, 0.2) is 83.4 Å². The number of hydrazone groups is 1. The van der Waals surface area contributed by atoms with Gasteiger partial charge in [-0.25, -0.2) is 5.01 Å². The molecule has 0 aliphatic carbocycles. The zero-order chi connectivity index (χ0) is 21.4. The van der Waals surface area contributed by atoms with Crippen LogP contribution in [0.1, 0.15) is 11.7 Å². The minimum Gasteiger partial charge on any atom is -0.496 e. The topological polar surface area (TPSA) is 66.3 Å². The number of nitrogens with zero attached hydrogens (tertiary/aromatic N) is 3. The van der Waals surface area contributed by atoms with E-state index in [4.69, 9.17) is 14.8 Å². The molecule has 5 rings (SSSR count). The Morgan fingerprint density at radius 3 is 2.71 bits per heavy atom. The van der Waals surface area contributed by atoms with E-state index in [9.17, 15) is 4.79 Å². The first-order valence-electron chi connectivity index (χ1n) is 9.87. The number of hydrogen-bond acceptors (Lipinski definition) is 6. The van der Waals surface area contributed by atoms with Gasteiger partial charge in [0.1, 0.15) is 11.4 Å². The number of rotatable bonds is 4. The van der Waals surface area contributed by atoms with E-state index in [0.29, 0.717) is 16.6 Å². The minimum atomic E-state index is -0.480. The van der Waals surface area contributed by atoms with Crippen molar-refractivity contribution < 1.29 is 9.53 Å². The summed E-state index contributed by atoms with van der Waals surface area (Å²) in [5.74, 6) is 1.25. The lowest BCUT2D eigenvalue weighted by Crippen LogP contribution is -2.50. The van der Waals surface area contributed by atoms with Crippen molar-refractivity contribution in [2.45, 2.75) is 6.17 Å². The molecule has 3 aromatic carbocycles. The number of methoxy groups -OCH3 is 1. The molecule has 7 heteroatoms. The number of hydrogen-bond donors (Lipinski definition) is 1. The number of benzene rings is 3. The zero-order valence-corrected chi connectivity index (χ0v) is 17.7. The van der Waals surface area contributed by atoms with E-state index < -0.39 is 6.17 Å². The fraction of sp³-hybridized carbons (Fsp3) is 0.125. The van der Waals surface area contributed by atoms with Gasteiger partial charge in [0.2, 0.25) is 0 Å². The number of carbonyl (C=O) groups excluding carboxylic acids is 1. The molecule has 0 spiro atoms. The summed E-state index contributed by atoms with van der Waals surface area (Å²) in [6.07, 6.45) is 1.30. The molecule has 3 aromatic rings. The van der Waals surface area contributed by atoms with E-state index >= 15 is 0 Å². The predicted molar refractivity (Wildman–Crippen MR) is 124 cm³/mol. The minimum absolute atomic E-state index is 0.188. The third-order valence-electron chi connectivity index (χ3n) is 5.27. The van der Waals surface area contributed by atoms with Crippen LogP contribution >= 0.6 is 11.8 Å². The Morgan fingerprint density at radius 1 is 1.13 bits per heavy atom. The van der Waals surface area contributed by atoms with Crippen LogP contribution < -0.4 is 20.6 Å². The van der Waals surface area contributed by atoms with Crippen molar-refractivity contribution in [2.24, 2.45) is 10.1 Å². The molecule has 0 saturated heterocycles. The van der Waals surface area contributed by atoms with E-state index in [1.165, 1.54) is 11.8 Å². The van der Waals surface area contributed by atoms with Crippen molar-refractivity contribution in [3.8, 4) is 5.75 Å². The standard InChI is InChI=1S/C24H20N4O2S/c1-3-14-31-24-26-23(29)21-18-10-6-7-11-19(18)25-22(28(21)27-24)17-12-13-20(30-2)16-9-5-4-8-15(16)17/h3-13,22H,1,14H2,2H3,(H,26,27,29)/t22-/m0/s1. The van der Waals surface area contributed by atoms with Crippen molar-refractivity contribution >= 4 is 39.3 Å². The molecule has 0 unspecified atom stereocenters. The molecule has 0 aromatic heterocycles. The van der Waals surface area contributed by atoms with Gasteiger partial charge in [0.25, 0.3) is 5.91 Å². The van der Waals surface area contributed by atoms with Crippen molar-refractivity contribution in [1.82, 2.24) is 10.3 Å². The molecule has 0 bridgehead atoms. The number of carbonyl (C=O) groups is 1. The number of thioether (sulfide) groups is 1.